The number of hydrogen-bond donors (Lipinski definition) is 1. The average Bonchev–Trinajstić information content (AvgIpc) is 3.13. The average molecular weight is 272 g/mol. The van der Waals surface area contributed by atoms with Crippen LogP contribution in [0.3, 0.4) is 0 Å². The highest BCUT2D eigenvalue weighted by Crippen LogP contribution is 2.28. The summed E-state index contributed by atoms with van der Waals surface area (Å²) in [7, 11) is 0. The number of ether oxygens (including phenoxy) is 1. The van der Waals surface area contributed by atoms with Gasteiger partial charge in [0.05, 0.1) is 25.1 Å². The van der Waals surface area contributed by atoms with Crippen molar-refractivity contribution in [3.05, 3.63) is 36.5 Å². The van der Waals surface area contributed by atoms with E-state index in [1.54, 1.807) is 12.5 Å². The maximum atomic E-state index is 5.69. The maximum absolute atomic E-state index is 5.69. The quantitative estimate of drug-likeness (QED) is 0.875. The molecule has 1 aliphatic carbocycles. The fraction of sp³-hybridized carbons (Fsp3) is 0.438. The summed E-state index contributed by atoms with van der Waals surface area (Å²) >= 11 is 0. The molecule has 0 atom stereocenters. The summed E-state index contributed by atoms with van der Waals surface area (Å²) in [5.41, 5.74) is 2.12. The summed E-state index contributed by atoms with van der Waals surface area (Å²) in [6.45, 7) is 4.79. The van der Waals surface area contributed by atoms with Crippen molar-refractivity contribution in [1.29, 1.82) is 0 Å². The summed E-state index contributed by atoms with van der Waals surface area (Å²) < 4.78 is 11.3. The van der Waals surface area contributed by atoms with Crippen LogP contribution in [0.15, 0.2) is 35.2 Å². The lowest BCUT2D eigenvalue weighted by atomic mass is 10.1. The van der Waals surface area contributed by atoms with Gasteiger partial charge >= 0.3 is 0 Å². The molecule has 1 aliphatic rings. The summed E-state index contributed by atoms with van der Waals surface area (Å²) in [6, 6.07) is 4.67. The second-order valence-corrected chi connectivity index (χ2v) is 5.49. The molecule has 1 N–H and O–H groups in total. The van der Waals surface area contributed by atoms with E-state index in [1.807, 2.05) is 32.2 Å². The summed E-state index contributed by atoms with van der Waals surface area (Å²) in [5, 5.41) is 3.47. The predicted molar refractivity (Wildman–Crippen MR) is 77.6 cm³/mol. The van der Waals surface area contributed by atoms with E-state index in [1.165, 1.54) is 12.8 Å². The van der Waals surface area contributed by atoms with E-state index < -0.39 is 0 Å². The molecule has 0 saturated heterocycles. The van der Waals surface area contributed by atoms with Gasteiger partial charge in [-0.25, -0.2) is 0 Å². The molecule has 2 aromatic heterocycles. The molecule has 2 heterocycles. The summed E-state index contributed by atoms with van der Waals surface area (Å²) in [4.78, 5) is 4.26. The standard InChI is InChI=1S/C16H20N2O2/c1-11(2)20-14-7-12(8-17-9-14)15-5-6-19-16(15)10-18-13-3-4-13/h5-9,11,13,18H,3-4,10H2,1-2H3. The van der Waals surface area contributed by atoms with Crippen LogP contribution in [0, 0.1) is 0 Å². The van der Waals surface area contributed by atoms with Gasteiger partial charge in [0.15, 0.2) is 0 Å². The summed E-state index contributed by atoms with van der Waals surface area (Å²) in [6.07, 6.45) is 8.01. The van der Waals surface area contributed by atoms with Crippen molar-refractivity contribution in [3.8, 4) is 16.9 Å². The second kappa shape index (κ2) is 5.67. The van der Waals surface area contributed by atoms with Crippen LogP contribution in [-0.2, 0) is 6.54 Å². The third-order valence-electron chi connectivity index (χ3n) is 3.27. The van der Waals surface area contributed by atoms with Gasteiger partial charge in [-0.2, -0.15) is 0 Å². The minimum absolute atomic E-state index is 0.146. The maximum Gasteiger partial charge on any atom is 0.138 e. The molecule has 0 radical (unpaired) electrons. The van der Waals surface area contributed by atoms with Crippen LogP contribution < -0.4 is 10.1 Å². The van der Waals surface area contributed by atoms with Crippen LogP contribution in [-0.4, -0.2) is 17.1 Å². The predicted octanol–water partition coefficient (Wildman–Crippen LogP) is 3.38. The van der Waals surface area contributed by atoms with Gasteiger partial charge < -0.3 is 14.5 Å². The molecule has 0 unspecified atom stereocenters. The van der Waals surface area contributed by atoms with Crippen LogP contribution in [0.25, 0.3) is 11.1 Å². The Morgan fingerprint density at radius 3 is 3.00 bits per heavy atom. The normalized spacial score (nSPS) is 14.8. The molecule has 4 heteroatoms. The fourth-order valence-corrected chi connectivity index (χ4v) is 2.16. The van der Waals surface area contributed by atoms with Crippen LogP contribution in [0.5, 0.6) is 5.75 Å². The van der Waals surface area contributed by atoms with E-state index >= 15 is 0 Å². The third-order valence-corrected chi connectivity index (χ3v) is 3.27. The monoisotopic (exact) mass is 272 g/mol. The van der Waals surface area contributed by atoms with E-state index in [9.17, 15) is 0 Å². The SMILES string of the molecule is CC(C)Oc1cncc(-c2ccoc2CNC2CC2)c1. The van der Waals surface area contributed by atoms with E-state index in [2.05, 4.69) is 10.3 Å². The molecule has 0 aromatic carbocycles. The molecule has 1 fully saturated rings. The smallest absolute Gasteiger partial charge is 0.138 e. The van der Waals surface area contributed by atoms with Crippen molar-refractivity contribution in [2.24, 2.45) is 0 Å². The number of pyridine rings is 1. The van der Waals surface area contributed by atoms with E-state index in [4.69, 9.17) is 9.15 Å². The molecular weight excluding hydrogens is 252 g/mol. The van der Waals surface area contributed by atoms with Crippen LogP contribution in [0.2, 0.25) is 0 Å². The summed E-state index contributed by atoms with van der Waals surface area (Å²) in [5.74, 6) is 1.75. The van der Waals surface area contributed by atoms with Gasteiger partial charge in [0, 0.05) is 23.4 Å². The molecular formula is C16H20N2O2. The van der Waals surface area contributed by atoms with Gasteiger partial charge in [-0.1, -0.05) is 0 Å². The molecule has 1 saturated carbocycles. The third kappa shape index (κ3) is 3.20. The number of rotatable bonds is 6. The highest BCUT2D eigenvalue weighted by Gasteiger charge is 2.21. The molecule has 4 nitrogen and oxygen atoms in total. The van der Waals surface area contributed by atoms with Crippen molar-refractivity contribution in [1.82, 2.24) is 10.3 Å². The Bertz CT molecular complexity index is 573. The fourth-order valence-electron chi connectivity index (χ4n) is 2.16. The van der Waals surface area contributed by atoms with E-state index in [0.717, 1.165) is 29.2 Å². The first kappa shape index (κ1) is 13.2. The lowest BCUT2D eigenvalue weighted by molar-refractivity contribution is 0.241. The highest BCUT2D eigenvalue weighted by molar-refractivity contribution is 5.65. The first-order valence-corrected chi connectivity index (χ1v) is 7.14. The van der Waals surface area contributed by atoms with Gasteiger partial charge in [-0.15, -0.1) is 0 Å². The molecule has 106 valence electrons. The number of hydrogen-bond acceptors (Lipinski definition) is 4. The van der Waals surface area contributed by atoms with Gasteiger partial charge in [0.1, 0.15) is 11.5 Å². The van der Waals surface area contributed by atoms with Gasteiger partial charge in [-0.3, -0.25) is 4.98 Å². The molecule has 0 aliphatic heterocycles. The Morgan fingerprint density at radius 1 is 1.40 bits per heavy atom. The number of furan rings is 1. The Balaban J connectivity index is 1.79. The zero-order valence-electron chi connectivity index (χ0n) is 11.9. The van der Waals surface area contributed by atoms with E-state index in [0.29, 0.717) is 6.04 Å². The minimum Gasteiger partial charge on any atom is -0.489 e. The zero-order valence-corrected chi connectivity index (χ0v) is 11.9. The Labute approximate surface area is 119 Å². The van der Waals surface area contributed by atoms with Crippen molar-refractivity contribution >= 4 is 0 Å². The second-order valence-electron chi connectivity index (χ2n) is 5.49. The lowest BCUT2D eigenvalue weighted by Crippen LogP contribution is -2.15. The van der Waals surface area contributed by atoms with Crippen LogP contribution >= 0.6 is 0 Å². The largest absolute Gasteiger partial charge is 0.489 e. The van der Waals surface area contributed by atoms with E-state index in [-0.39, 0.29) is 6.10 Å². The molecule has 0 bridgehead atoms. The first-order chi connectivity index (χ1) is 9.72. The Hall–Kier alpha value is -1.81. The van der Waals surface area contributed by atoms with Crippen LogP contribution in [0.1, 0.15) is 32.4 Å². The van der Waals surface area contributed by atoms with Crippen LogP contribution in [0.4, 0.5) is 0 Å². The number of aromatic nitrogens is 1. The lowest BCUT2D eigenvalue weighted by Gasteiger charge is -2.10. The van der Waals surface area contributed by atoms with Gasteiger partial charge in [0.2, 0.25) is 0 Å². The Morgan fingerprint density at radius 2 is 2.25 bits per heavy atom. The minimum atomic E-state index is 0.146. The van der Waals surface area contributed by atoms with Gasteiger partial charge in [-0.05, 0) is 38.8 Å². The van der Waals surface area contributed by atoms with Crippen molar-refractivity contribution < 1.29 is 9.15 Å². The molecule has 0 spiro atoms. The van der Waals surface area contributed by atoms with Crippen molar-refractivity contribution in [2.45, 2.75) is 45.4 Å². The Kier molecular flexibility index (Phi) is 3.74. The highest BCUT2D eigenvalue weighted by atomic mass is 16.5. The molecule has 2 aromatic rings. The molecule has 20 heavy (non-hydrogen) atoms. The number of nitrogens with zero attached hydrogens (tertiary/aromatic N) is 1. The first-order valence-electron chi connectivity index (χ1n) is 7.14. The van der Waals surface area contributed by atoms with Crippen molar-refractivity contribution in [3.63, 3.8) is 0 Å². The number of nitrogens with one attached hydrogen (secondary N) is 1. The topological polar surface area (TPSA) is 47.3 Å². The molecule has 3 rings (SSSR count). The zero-order chi connectivity index (χ0) is 13.9. The van der Waals surface area contributed by atoms with Gasteiger partial charge in [0.25, 0.3) is 0 Å². The van der Waals surface area contributed by atoms with Crippen molar-refractivity contribution in [2.75, 3.05) is 0 Å². The molecule has 0 amide bonds.